The number of benzene rings is 2. The molecule has 0 amide bonds. The molecular formula is C20H20N2O3S. The van der Waals surface area contributed by atoms with Crippen molar-refractivity contribution in [1.82, 2.24) is 10.2 Å². The molecule has 1 heterocycles. The predicted octanol–water partition coefficient (Wildman–Crippen LogP) is 4.49. The highest BCUT2D eigenvalue weighted by molar-refractivity contribution is 7.98. The number of hydrogen-bond donors (Lipinski definition) is 0. The third-order valence-electron chi connectivity index (χ3n) is 4.01. The van der Waals surface area contributed by atoms with E-state index in [1.165, 1.54) is 24.4 Å². The van der Waals surface area contributed by atoms with Crippen LogP contribution in [0.3, 0.4) is 0 Å². The highest BCUT2D eigenvalue weighted by Crippen LogP contribution is 2.25. The molecule has 0 N–H and O–H groups in total. The van der Waals surface area contributed by atoms with Gasteiger partial charge in [-0.2, -0.15) is 0 Å². The van der Waals surface area contributed by atoms with E-state index in [9.17, 15) is 4.79 Å². The van der Waals surface area contributed by atoms with Crippen LogP contribution in [0, 0.1) is 0 Å². The molecule has 6 heteroatoms. The van der Waals surface area contributed by atoms with Crippen molar-refractivity contribution in [2.75, 3.05) is 7.11 Å². The number of thioether (sulfide) groups is 1. The Morgan fingerprint density at radius 1 is 1.15 bits per heavy atom. The van der Waals surface area contributed by atoms with Crippen molar-refractivity contribution >= 4 is 17.7 Å². The van der Waals surface area contributed by atoms with E-state index in [2.05, 4.69) is 29.3 Å². The van der Waals surface area contributed by atoms with Gasteiger partial charge in [0, 0.05) is 12.2 Å². The molecule has 1 unspecified atom stereocenters. The van der Waals surface area contributed by atoms with Gasteiger partial charge in [0.25, 0.3) is 5.22 Å². The second-order valence-corrected chi connectivity index (χ2v) is 6.88. The largest absolute Gasteiger partial charge is 0.465 e. The number of methoxy groups -OCH3 is 1. The summed E-state index contributed by atoms with van der Waals surface area (Å²) >= 11 is 1.45. The average molecular weight is 368 g/mol. The number of aromatic nitrogens is 2. The first-order valence-corrected chi connectivity index (χ1v) is 9.31. The van der Waals surface area contributed by atoms with Crippen LogP contribution in [-0.2, 0) is 16.9 Å². The van der Waals surface area contributed by atoms with Crippen LogP contribution in [0.25, 0.3) is 0 Å². The van der Waals surface area contributed by atoms with Gasteiger partial charge in [0.2, 0.25) is 5.89 Å². The molecular weight excluding hydrogens is 348 g/mol. The first-order valence-electron chi connectivity index (χ1n) is 8.33. The van der Waals surface area contributed by atoms with Crippen molar-refractivity contribution in [3.63, 3.8) is 0 Å². The van der Waals surface area contributed by atoms with Crippen LogP contribution in [-0.4, -0.2) is 23.3 Å². The van der Waals surface area contributed by atoms with Crippen LogP contribution in [0.1, 0.15) is 40.2 Å². The normalized spacial score (nSPS) is 11.9. The van der Waals surface area contributed by atoms with Crippen molar-refractivity contribution in [2.45, 2.75) is 30.2 Å². The van der Waals surface area contributed by atoms with E-state index < -0.39 is 0 Å². The number of hydrogen-bond acceptors (Lipinski definition) is 6. The lowest BCUT2D eigenvalue weighted by Crippen LogP contribution is -2.01. The maximum atomic E-state index is 11.6. The summed E-state index contributed by atoms with van der Waals surface area (Å²) < 4.78 is 10.5. The van der Waals surface area contributed by atoms with Gasteiger partial charge in [-0.25, -0.2) is 4.79 Å². The van der Waals surface area contributed by atoms with Crippen LogP contribution >= 0.6 is 11.8 Å². The standard InChI is InChI=1S/C20H20N2O3S/c1-14(16-8-4-3-5-9-16)11-18-21-22-20(25-18)26-13-15-7-6-10-17(12-15)19(23)24-2/h3-10,12,14H,11,13H2,1-2H3. The van der Waals surface area contributed by atoms with Gasteiger partial charge in [0.15, 0.2) is 0 Å². The van der Waals surface area contributed by atoms with Gasteiger partial charge in [-0.3, -0.25) is 0 Å². The highest BCUT2D eigenvalue weighted by atomic mass is 32.2. The lowest BCUT2D eigenvalue weighted by atomic mass is 9.98. The molecule has 0 saturated heterocycles. The summed E-state index contributed by atoms with van der Waals surface area (Å²) in [6.07, 6.45) is 0.704. The van der Waals surface area contributed by atoms with E-state index in [0.29, 0.717) is 34.8 Å². The van der Waals surface area contributed by atoms with Gasteiger partial charge < -0.3 is 9.15 Å². The minimum Gasteiger partial charge on any atom is -0.465 e. The zero-order valence-electron chi connectivity index (χ0n) is 14.7. The second-order valence-electron chi connectivity index (χ2n) is 5.96. The summed E-state index contributed by atoms with van der Waals surface area (Å²) in [6.45, 7) is 2.14. The summed E-state index contributed by atoms with van der Waals surface area (Å²) in [6, 6.07) is 17.6. The quantitative estimate of drug-likeness (QED) is 0.452. The lowest BCUT2D eigenvalue weighted by Gasteiger charge is -2.08. The van der Waals surface area contributed by atoms with Gasteiger partial charge in [0.05, 0.1) is 12.7 Å². The molecule has 0 aliphatic heterocycles. The lowest BCUT2D eigenvalue weighted by molar-refractivity contribution is 0.0600. The summed E-state index contributed by atoms with van der Waals surface area (Å²) in [5, 5.41) is 8.78. The van der Waals surface area contributed by atoms with E-state index in [1.807, 2.05) is 36.4 Å². The summed E-state index contributed by atoms with van der Waals surface area (Å²) in [5.74, 6) is 1.24. The Hall–Kier alpha value is -2.60. The Bertz CT molecular complexity index is 864. The topological polar surface area (TPSA) is 65.2 Å². The maximum absolute atomic E-state index is 11.6. The van der Waals surface area contributed by atoms with Crippen molar-refractivity contribution in [2.24, 2.45) is 0 Å². The molecule has 0 fully saturated rings. The van der Waals surface area contributed by atoms with Crippen LogP contribution in [0.15, 0.2) is 64.2 Å². The Labute approximate surface area is 156 Å². The molecule has 0 bridgehead atoms. The van der Waals surface area contributed by atoms with E-state index in [0.717, 1.165) is 5.56 Å². The predicted molar refractivity (Wildman–Crippen MR) is 100 cm³/mol. The number of rotatable bonds is 7. The molecule has 26 heavy (non-hydrogen) atoms. The summed E-state index contributed by atoms with van der Waals surface area (Å²) in [7, 11) is 1.38. The monoisotopic (exact) mass is 368 g/mol. The molecule has 0 radical (unpaired) electrons. The Kier molecular flexibility index (Phi) is 6.07. The van der Waals surface area contributed by atoms with Crippen LogP contribution in [0.4, 0.5) is 0 Å². The zero-order chi connectivity index (χ0) is 18.4. The molecule has 2 aromatic carbocycles. The van der Waals surface area contributed by atoms with Crippen LogP contribution in [0.2, 0.25) is 0 Å². The van der Waals surface area contributed by atoms with Gasteiger partial charge in [-0.1, -0.05) is 61.2 Å². The number of nitrogens with zero attached hydrogens (tertiary/aromatic N) is 2. The Morgan fingerprint density at radius 2 is 1.96 bits per heavy atom. The molecule has 134 valence electrons. The highest BCUT2D eigenvalue weighted by Gasteiger charge is 2.13. The molecule has 5 nitrogen and oxygen atoms in total. The van der Waals surface area contributed by atoms with Crippen molar-refractivity contribution in [3.8, 4) is 0 Å². The van der Waals surface area contributed by atoms with Crippen LogP contribution in [0.5, 0.6) is 0 Å². The molecule has 0 aliphatic carbocycles. The van der Waals surface area contributed by atoms with Crippen molar-refractivity contribution < 1.29 is 13.9 Å². The van der Waals surface area contributed by atoms with Crippen molar-refractivity contribution in [1.29, 1.82) is 0 Å². The van der Waals surface area contributed by atoms with Gasteiger partial charge in [-0.15, -0.1) is 10.2 Å². The first-order chi connectivity index (χ1) is 12.7. The van der Waals surface area contributed by atoms with Gasteiger partial charge >= 0.3 is 5.97 Å². The van der Waals surface area contributed by atoms with Crippen LogP contribution < -0.4 is 0 Å². The fraction of sp³-hybridized carbons (Fsp3) is 0.250. The van der Waals surface area contributed by atoms with Crippen molar-refractivity contribution in [3.05, 3.63) is 77.2 Å². The molecule has 0 spiro atoms. The molecule has 3 rings (SSSR count). The van der Waals surface area contributed by atoms with E-state index in [-0.39, 0.29) is 5.97 Å². The fourth-order valence-corrected chi connectivity index (χ4v) is 3.31. The Balaban J connectivity index is 1.58. The number of ether oxygens (including phenoxy) is 1. The van der Waals surface area contributed by atoms with Gasteiger partial charge in [0.1, 0.15) is 0 Å². The summed E-state index contributed by atoms with van der Waals surface area (Å²) in [5.41, 5.74) is 2.78. The number of esters is 1. The van der Waals surface area contributed by atoms with Gasteiger partial charge in [-0.05, 0) is 29.2 Å². The third kappa shape index (κ3) is 4.73. The second kappa shape index (κ2) is 8.67. The number of carbonyl (C=O) groups is 1. The molecule has 3 aromatic rings. The SMILES string of the molecule is COC(=O)c1cccc(CSc2nnc(CC(C)c3ccccc3)o2)c1. The minimum absolute atomic E-state index is 0.311. The van der Waals surface area contributed by atoms with E-state index in [4.69, 9.17) is 9.15 Å². The zero-order valence-corrected chi connectivity index (χ0v) is 15.5. The maximum Gasteiger partial charge on any atom is 0.337 e. The molecule has 1 aromatic heterocycles. The molecule has 1 atom stereocenters. The molecule has 0 saturated carbocycles. The average Bonchev–Trinajstić information content (AvgIpc) is 3.14. The summed E-state index contributed by atoms with van der Waals surface area (Å²) in [4.78, 5) is 11.6. The smallest absolute Gasteiger partial charge is 0.337 e. The van der Waals surface area contributed by atoms with E-state index >= 15 is 0 Å². The first kappa shape index (κ1) is 18.2. The third-order valence-corrected chi connectivity index (χ3v) is 4.90. The Morgan fingerprint density at radius 3 is 2.73 bits per heavy atom. The van der Waals surface area contributed by atoms with E-state index in [1.54, 1.807) is 6.07 Å². The number of carbonyl (C=O) groups excluding carboxylic acids is 1. The molecule has 0 aliphatic rings. The fourth-order valence-electron chi connectivity index (χ4n) is 2.59. The minimum atomic E-state index is -0.341.